The molecule has 0 bridgehead atoms. The van der Waals surface area contributed by atoms with Crippen molar-refractivity contribution < 1.29 is 68.6 Å². The number of ether oxygens (including phenoxy) is 5. The highest BCUT2D eigenvalue weighted by atomic mass is 16.7. The zero-order valence-corrected chi connectivity index (χ0v) is 24.3. The molecule has 3 heterocycles. The van der Waals surface area contributed by atoms with E-state index in [0.29, 0.717) is 11.3 Å². The van der Waals surface area contributed by atoms with Crippen molar-refractivity contribution in [2.75, 3.05) is 13.7 Å². The Morgan fingerprint density at radius 2 is 1.51 bits per heavy atom. The number of methoxy groups -OCH3 is 1. The second-order valence-corrected chi connectivity index (χ2v) is 10.9. The predicted octanol–water partition coefficient (Wildman–Crippen LogP) is -0.593. The van der Waals surface area contributed by atoms with Crippen LogP contribution in [0.5, 0.6) is 17.2 Å². The Morgan fingerprint density at radius 1 is 0.867 bits per heavy atom. The van der Waals surface area contributed by atoms with E-state index < -0.39 is 90.5 Å². The molecule has 2 aromatic carbocycles. The number of fused-ring (bicyclic) bond motifs is 1. The molecule has 2 fully saturated rings. The van der Waals surface area contributed by atoms with E-state index in [9.17, 15) is 45.3 Å². The van der Waals surface area contributed by atoms with E-state index in [0.717, 1.165) is 19.1 Å². The Kier molecular flexibility index (Phi) is 9.46. The lowest BCUT2D eigenvalue weighted by atomic mass is 9.98. The maximum Gasteiger partial charge on any atom is 0.229 e. The molecule has 45 heavy (non-hydrogen) atoms. The van der Waals surface area contributed by atoms with Gasteiger partial charge in [-0.15, -0.1) is 0 Å². The third-order valence-corrected chi connectivity index (χ3v) is 7.83. The van der Waals surface area contributed by atoms with E-state index in [-0.39, 0.29) is 22.5 Å². The fourth-order valence-corrected chi connectivity index (χ4v) is 5.23. The minimum atomic E-state index is -1.87. The maximum atomic E-state index is 13.1. The van der Waals surface area contributed by atoms with Crippen LogP contribution < -0.4 is 14.9 Å². The summed E-state index contributed by atoms with van der Waals surface area (Å²) in [6, 6.07) is 8.90. The van der Waals surface area contributed by atoms with Crippen LogP contribution in [-0.2, 0) is 14.2 Å². The smallest absolute Gasteiger partial charge is 0.229 e. The SMILES string of the molecule is COc1ccc(-c2cc(=O)c3c(O)c(C(C)=O)c(O[C@@H]4O[C@H](CO[C@@H]5O[C@@H](C)[C@H](O)[C@@H](O)[C@H]5O)[C@@H](O)[C@H](O)[C@H]4O)cc3o2)cc1. The van der Waals surface area contributed by atoms with Gasteiger partial charge in [0.25, 0.3) is 0 Å². The van der Waals surface area contributed by atoms with Crippen LogP contribution in [0.15, 0.2) is 45.6 Å². The van der Waals surface area contributed by atoms with Crippen molar-refractivity contribution in [3.05, 3.63) is 52.2 Å². The number of hydrogen-bond donors (Lipinski definition) is 7. The molecule has 0 unspecified atom stereocenters. The Hall–Kier alpha value is -3.64. The third-order valence-electron chi connectivity index (χ3n) is 7.83. The lowest BCUT2D eigenvalue weighted by Crippen LogP contribution is -2.61. The molecule has 10 atom stereocenters. The number of carbonyl (C=O) groups is 1. The second-order valence-electron chi connectivity index (χ2n) is 10.9. The number of carbonyl (C=O) groups excluding carboxylic acids is 1. The molecule has 244 valence electrons. The Labute approximate surface area is 255 Å². The summed E-state index contributed by atoms with van der Waals surface area (Å²) >= 11 is 0. The van der Waals surface area contributed by atoms with Crippen molar-refractivity contribution in [3.8, 4) is 28.6 Å². The van der Waals surface area contributed by atoms with E-state index in [1.165, 1.54) is 14.0 Å². The maximum absolute atomic E-state index is 13.1. The van der Waals surface area contributed by atoms with E-state index in [2.05, 4.69) is 0 Å². The first-order valence-corrected chi connectivity index (χ1v) is 14.0. The molecule has 15 nitrogen and oxygen atoms in total. The van der Waals surface area contributed by atoms with E-state index in [1.54, 1.807) is 24.3 Å². The van der Waals surface area contributed by atoms with Crippen molar-refractivity contribution in [3.63, 3.8) is 0 Å². The largest absolute Gasteiger partial charge is 0.506 e. The minimum Gasteiger partial charge on any atom is -0.506 e. The molecular weight excluding hydrogens is 600 g/mol. The van der Waals surface area contributed by atoms with Crippen LogP contribution in [0.1, 0.15) is 24.2 Å². The monoisotopic (exact) mass is 634 g/mol. The summed E-state index contributed by atoms with van der Waals surface area (Å²) in [5.41, 5.74) is -0.759. The topological polar surface area (TPSA) is 235 Å². The van der Waals surface area contributed by atoms with Gasteiger partial charge in [0.2, 0.25) is 6.29 Å². The first-order chi connectivity index (χ1) is 21.3. The molecular formula is C30H34O15. The fourth-order valence-electron chi connectivity index (χ4n) is 5.23. The first kappa shape index (κ1) is 32.7. The van der Waals surface area contributed by atoms with Crippen molar-refractivity contribution in [2.24, 2.45) is 0 Å². The lowest BCUT2D eigenvalue weighted by Gasteiger charge is -2.42. The highest BCUT2D eigenvalue weighted by Crippen LogP contribution is 2.38. The number of phenolic OH excluding ortho intramolecular Hbond substituents is 1. The number of aliphatic hydroxyl groups excluding tert-OH is 6. The zero-order chi connectivity index (χ0) is 32.7. The average Bonchev–Trinajstić information content (AvgIpc) is 3.01. The summed E-state index contributed by atoms with van der Waals surface area (Å²) in [5.74, 6) is -1.13. The van der Waals surface area contributed by atoms with Crippen molar-refractivity contribution in [1.82, 2.24) is 0 Å². The number of ketones is 1. The van der Waals surface area contributed by atoms with Crippen molar-refractivity contribution in [2.45, 2.75) is 75.3 Å². The first-order valence-electron chi connectivity index (χ1n) is 14.0. The van der Waals surface area contributed by atoms with Crippen LogP contribution in [0.4, 0.5) is 0 Å². The minimum absolute atomic E-state index is 0.125. The number of aliphatic hydroxyl groups is 6. The zero-order valence-electron chi connectivity index (χ0n) is 24.3. The number of benzene rings is 2. The summed E-state index contributed by atoms with van der Waals surface area (Å²) in [6.07, 6.45) is -15.6. The van der Waals surface area contributed by atoms with Gasteiger partial charge >= 0.3 is 0 Å². The molecule has 1 aromatic heterocycles. The molecule has 7 N–H and O–H groups in total. The van der Waals surface area contributed by atoms with Gasteiger partial charge in [-0.25, -0.2) is 0 Å². The third kappa shape index (κ3) is 6.27. The molecule has 15 heteroatoms. The van der Waals surface area contributed by atoms with Crippen LogP contribution in [0.2, 0.25) is 0 Å². The molecule has 0 radical (unpaired) electrons. The van der Waals surface area contributed by atoms with Crippen LogP contribution in [-0.4, -0.2) is 117 Å². The molecule has 0 saturated carbocycles. The Bertz CT molecular complexity index is 1590. The molecule has 0 amide bonds. The standard InChI is InChI=1S/C30H34O15/c1-11(31)20-17(9-18-21(24(20)35)15(32)8-16(43-18)13-4-6-14(40-3)7-5-13)44-30-28(39)26(37)23(34)19(45-30)10-41-29-27(38)25(36)22(33)12(2)42-29/h4-9,12,19,22-23,25-30,33-39H,10H2,1-3H3/t12-,19+,22-,23+,25+,26-,27+,28+,29+,30+/m0/s1. The molecule has 3 aromatic rings. The summed E-state index contributed by atoms with van der Waals surface area (Å²) in [4.78, 5) is 25.7. The van der Waals surface area contributed by atoms with Crippen LogP contribution in [0.3, 0.4) is 0 Å². The number of phenols is 1. The predicted molar refractivity (Wildman–Crippen MR) is 152 cm³/mol. The number of hydrogen-bond acceptors (Lipinski definition) is 15. The van der Waals surface area contributed by atoms with Crippen LogP contribution >= 0.6 is 0 Å². The Balaban J connectivity index is 1.44. The fraction of sp³-hybridized carbons (Fsp3) is 0.467. The van der Waals surface area contributed by atoms with Crippen LogP contribution in [0, 0.1) is 0 Å². The van der Waals surface area contributed by atoms with Gasteiger partial charge in [-0.2, -0.15) is 0 Å². The van der Waals surface area contributed by atoms with Gasteiger partial charge in [-0.05, 0) is 38.1 Å². The number of rotatable bonds is 8. The number of Topliss-reactive ketones (excluding diaryl/α,β-unsaturated/α-hetero) is 1. The van der Waals surface area contributed by atoms with E-state index >= 15 is 0 Å². The summed E-state index contributed by atoms with van der Waals surface area (Å²) < 4.78 is 33.3. The van der Waals surface area contributed by atoms with Gasteiger partial charge in [0, 0.05) is 17.7 Å². The molecule has 5 rings (SSSR count). The molecule has 2 saturated heterocycles. The summed E-state index contributed by atoms with van der Waals surface area (Å²) in [7, 11) is 1.50. The summed E-state index contributed by atoms with van der Waals surface area (Å²) in [5, 5.41) is 72.6. The van der Waals surface area contributed by atoms with Gasteiger partial charge in [0.05, 0.1) is 19.8 Å². The number of aromatic hydroxyl groups is 1. The second kappa shape index (κ2) is 13.0. The van der Waals surface area contributed by atoms with Gasteiger partial charge in [0.1, 0.15) is 82.3 Å². The van der Waals surface area contributed by atoms with Crippen LogP contribution in [0.25, 0.3) is 22.3 Å². The van der Waals surface area contributed by atoms with Gasteiger partial charge in [-0.3, -0.25) is 9.59 Å². The van der Waals surface area contributed by atoms with E-state index in [1.807, 2.05) is 0 Å². The quantitative estimate of drug-likeness (QED) is 0.153. The normalized spacial score (nSPS) is 31.9. The Morgan fingerprint density at radius 3 is 2.16 bits per heavy atom. The van der Waals surface area contributed by atoms with Gasteiger partial charge in [0.15, 0.2) is 17.5 Å². The van der Waals surface area contributed by atoms with Crippen molar-refractivity contribution in [1.29, 1.82) is 0 Å². The highest BCUT2D eigenvalue weighted by Gasteiger charge is 2.47. The molecule has 0 spiro atoms. The lowest BCUT2D eigenvalue weighted by molar-refractivity contribution is -0.318. The van der Waals surface area contributed by atoms with Gasteiger partial charge in [-0.1, -0.05) is 0 Å². The summed E-state index contributed by atoms with van der Waals surface area (Å²) in [6.45, 7) is 2.00. The molecule has 2 aliphatic heterocycles. The molecule has 2 aliphatic rings. The average molecular weight is 635 g/mol. The molecule has 0 aliphatic carbocycles. The van der Waals surface area contributed by atoms with Gasteiger partial charge < -0.3 is 63.8 Å². The van der Waals surface area contributed by atoms with Crippen molar-refractivity contribution >= 4 is 16.8 Å². The highest BCUT2D eigenvalue weighted by molar-refractivity contribution is 6.05. The van der Waals surface area contributed by atoms with E-state index in [4.69, 9.17) is 28.1 Å².